The molecule has 0 fully saturated rings. The van der Waals surface area contributed by atoms with Crippen LogP contribution in [0.1, 0.15) is 16.7 Å². The SMILES string of the molecule is Cc1ccc2cc(C)c(NN=Cc3c[nH]c4ccccc34)nc2c1. The van der Waals surface area contributed by atoms with Crippen LogP contribution in [0.4, 0.5) is 5.82 Å². The molecular formula is C20H18N4. The van der Waals surface area contributed by atoms with E-state index in [1.54, 1.807) is 0 Å². The van der Waals surface area contributed by atoms with Crippen LogP contribution in [0.5, 0.6) is 0 Å². The van der Waals surface area contributed by atoms with Crippen LogP contribution in [0.15, 0.2) is 59.8 Å². The van der Waals surface area contributed by atoms with Crippen molar-refractivity contribution in [1.29, 1.82) is 0 Å². The normalized spacial score (nSPS) is 11.6. The van der Waals surface area contributed by atoms with Crippen LogP contribution in [0, 0.1) is 13.8 Å². The maximum absolute atomic E-state index is 4.68. The second-order valence-electron chi connectivity index (χ2n) is 6.01. The van der Waals surface area contributed by atoms with Crippen LogP contribution < -0.4 is 5.43 Å². The molecule has 4 aromatic rings. The van der Waals surface area contributed by atoms with E-state index < -0.39 is 0 Å². The molecule has 0 saturated carbocycles. The molecule has 0 aliphatic heterocycles. The Hall–Kier alpha value is -3.14. The summed E-state index contributed by atoms with van der Waals surface area (Å²) in [6, 6.07) is 16.6. The Labute approximate surface area is 140 Å². The van der Waals surface area contributed by atoms with Crippen molar-refractivity contribution < 1.29 is 0 Å². The number of nitrogens with one attached hydrogen (secondary N) is 2. The highest BCUT2D eigenvalue weighted by atomic mass is 15.3. The van der Waals surface area contributed by atoms with Crippen LogP contribution in [0.2, 0.25) is 0 Å². The molecule has 0 aliphatic rings. The maximum atomic E-state index is 4.68. The van der Waals surface area contributed by atoms with E-state index in [1.165, 1.54) is 5.56 Å². The number of aryl methyl sites for hydroxylation is 2. The fourth-order valence-corrected chi connectivity index (χ4v) is 2.86. The molecule has 2 N–H and O–H groups in total. The lowest BCUT2D eigenvalue weighted by Crippen LogP contribution is -1.97. The minimum absolute atomic E-state index is 0.782. The molecular weight excluding hydrogens is 296 g/mol. The topological polar surface area (TPSA) is 53.1 Å². The summed E-state index contributed by atoms with van der Waals surface area (Å²) in [7, 11) is 0. The number of benzene rings is 2. The largest absolute Gasteiger partial charge is 0.361 e. The molecule has 0 atom stereocenters. The van der Waals surface area contributed by atoms with Crippen LogP contribution in [-0.4, -0.2) is 16.2 Å². The van der Waals surface area contributed by atoms with E-state index in [0.29, 0.717) is 0 Å². The fraction of sp³-hybridized carbons (Fsp3) is 0.100. The monoisotopic (exact) mass is 314 g/mol. The summed E-state index contributed by atoms with van der Waals surface area (Å²) in [6.07, 6.45) is 3.78. The third-order valence-corrected chi connectivity index (χ3v) is 4.16. The molecule has 0 bridgehead atoms. The Kier molecular flexibility index (Phi) is 3.50. The van der Waals surface area contributed by atoms with Gasteiger partial charge in [-0.2, -0.15) is 5.10 Å². The number of aromatic nitrogens is 2. The summed E-state index contributed by atoms with van der Waals surface area (Å²) >= 11 is 0. The molecule has 4 rings (SSSR count). The Balaban J connectivity index is 1.63. The lowest BCUT2D eigenvalue weighted by Gasteiger charge is -2.07. The zero-order valence-electron chi connectivity index (χ0n) is 13.7. The molecule has 2 aromatic heterocycles. The first-order valence-electron chi connectivity index (χ1n) is 7.94. The molecule has 0 unspecified atom stereocenters. The van der Waals surface area contributed by atoms with Gasteiger partial charge in [-0.1, -0.05) is 30.3 Å². The van der Waals surface area contributed by atoms with Crippen molar-refractivity contribution in [3.8, 4) is 0 Å². The van der Waals surface area contributed by atoms with Gasteiger partial charge in [-0.3, -0.25) is 5.43 Å². The van der Waals surface area contributed by atoms with Gasteiger partial charge in [0.25, 0.3) is 0 Å². The van der Waals surface area contributed by atoms with E-state index in [0.717, 1.165) is 38.8 Å². The third kappa shape index (κ3) is 2.63. The number of para-hydroxylation sites is 1. The van der Waals surface area contributed by atoms with E-state index in [-0.39, 0.29) is 0 Å². The van der Waals surface area contributed by atoms with Crippen molar-refractivity contribution in [2.24, 2.45) is 5.10 Å². The minimum Gasteiger partial charge on any atom is -0.361 e. The number of nitrogens with zero attached hydrogens (tertiary/aromatic N) is 2. The first-order chi connectivity index (χ1) is 11.7. The average Bonchev–Trinajstić information content (AvgIpc) is 2.99. The van der Waals surface area contributed by atoms with E-state index in [4.69, 9.17) is 0 Å². The fourth-order valence-electron chi connectivity index (χ4n) is 2.86. The Morgan fingerprint density at radius 3 is 2.88 bits per heavy atom. The van der Waals surface area contributed by atoms with Crippen molar-refractivity contribution in [1.82, 2.24) is 9.97 Å². The molecule has 2 aromatic carbocycles. The summed E-state index contributed by atoms with van der Waals surface area (Å²) in [6.45, 7) is 4.11. The van der Waals surface area contributed by atoms with Gasteiger partial charge in [0.15, 0.2) is 0 Å². The Bertz CT molecular complexity index is 1060. The summed E-state index contributed by atoms with van der Waals surface area (Å²) in [5, 5.41) is 6.66. The summed E-state index contributed by atoms with van der Waals surface area (Å²) in [4.78, 5) is 7.93. The number of hydrogen-bond acceptors (Lipinski definition) is 3. The van der Waals surface area contributed by atoms with Crippen LogP contribution in [-0.2, 0) is 0 Å². The van der Waals surface area contributed by atoms with Crippen molar-refractivity contribution in [2.45, 2.75) is 13.8 Å². The maximum Gasteiger partial charge on any atom is 0.149 e. The summed E-state index contributed by atoms with van der Waals surface area (Å²) < 4.78 is 0. The van der Waals surface area contributed by atoms with E-state index in [2.05, 4.69) is 63.8 Å². The minimum atomic E-state index is 0.782. The summed E-state index contributed by atoms with van der Waals surface area (Å²) in [5.41, 5.74) is 8.48. The smallest absolute Gasteiger partial charge is 0.149 e. The first kappa shape index (κ1) is 14.5. The van der Waals surface area contributed by atoms with E-state index in [1.807, 2.05) is 31.5 Å². The number of hydrogen-bond donors (Lipinski definition) is 2. The Morgan fingerprint density at radius 1 is 1.08 bits per heavy atom. The average molecular weight is 314 g/mol. The van der Waals surface area contributed by atoms with Gasteiger partial charge in [0.05, 0.1) is 11.7 Å². The van der Waals surface area contributed by atoms with Gasteiger partial charge in [-0.25, -0.2) is 4.98 Å². The van der Waals surface area contributed by atoms with Gasteiger partial charge in [-0.05, 0) is 43.2 Å². The van der Waals surface area contributed by atoms with E-state index >= 15 is 0 Å². The lowest BCUT2D eigenvalue weighted by molar-refractivity contribution is 1.22. The highest BCUT2D eigenvalue weighted by Gasteiger charge is 2.03. The zero-order chi connectivity index (χ0) is 16.5. The Morgan fingerprint density at radius 2 is 1.96 bits per heavy atom. The number of H-pyrrole nitrogens is 1. The van der Waals surface area contributed by atoms with Crippen molar-refractivity contribution in [3.63, 3.8) is 0 Å². The number of hydrazone groups is 1. The molecule has 24 heavy (non-hydrogen) atoms. The number of fused-ring (bicyclic) bond motifs is 2. The first-order valence-corrected chi connectivity index (χ1v) is 7.94. The van der Waals surface area contributed by atoms with Gasteiger partial charge in [0.1, 0.15) is 5.82 Å². The highest BCUT2D eigenvalue weighted by Crippen LogP contribution is 2.21. The van der Waals surface area contributed by atoms with Gasteiger partial charge in [0.2, 0.25) is 0 Å². The number of pyridine rings is 1. The van der Waals surface area contributed by atoms with Crippen molar-refractivity contribution in [2.75, 3.05) is 5.43 Å². The van der Waals surface area contributed by atoms with Crippen LogP contribution >= 0.6 is 0 Å². The highest BCUT2D eigenvalue weighted by molar-refractivity contribution is 5.99. The molecule has 0 radical (unpaired) electrons. The van der Waals surface area contributed by atoms with E-state index in [9.17, 15) is 0 Å². The lowest BCUT2D eigenvalue weighted by atomic mass is 10.1. The second kappa shape index (κ2) is 5.81. The quantitative estimate of drug-likeness (QED) is 0.422. The molecule has 4 nitrogen and oxygen atoms in total. The molecule has 0 aliphatic carbocycles. The van der Waals surface area contributed by atoms with Gasteiger partial charge in [0, 0.05) is 28.0 Å². The zero-order valence-corrected chi connectivity index (χ0v) is 13.7. The summed E-state index contributed by atoms with van der Waals surface area (Å²) in [5.74, 6) is 0.782. The van der Waals surface area contributed by atoms with Gasteiger partial charge >= 0.3 is 0 Å². The molecule has 2 heterocycles. The predicted molar refractivity (Wildman–Crippen MR) is 101 cm³/mol. The molecule has 0 amide bonds. The number of anilines is 1. The molecule has 0 spiro atoms. The standard InChI is InChI=1S/C20H18N4/c1-13-7-8-15-10-14(2)20(23-19(15)9-13)24-22-12-16-11-21-18-6-4-3-5-17(16)18/h3-12,21H,1-2H3,(H,23,24). The molecule has 0 saturated heterocycles. The molecule has 4 heteroatoms. The van der Waals surface area contributed by atoms with Crippen LogP contribution in [0.25, 0.3) is 21.8 Å². The van der Waals surface area contributed by atoms with Crippen molar-refractivity contribution >= 4 is 33.8 Å². The second-order valence-corrected chi connectivity index (χ2v) is 6.01. The van der Waals surface area contributed by atoms with Gasteiger partial charge < -0.3 is 4.98 Å². The van der Waals surface area contributed by atoms with Crippen molar-refractivity contribution in [3.05, 3.63) is 71.4 Å². The molecule has 118 valence electrons. The van der Waals surface area contributed by atoms with Crippen LogP contribution in [0.3, 0.4) is 0 Å². The number of aromatic amines is 1. The predicted octanol–water partition coefficient (Wildman–Crippen LogP) is 4.78. The van der Waals surface area contributed by atoms with Gasteiger partial charge in [-0.15, -0.1) is 0 Å². The number of rotatable bonds is 3. The third-order valence-electron chi connectivity index (χ3n) is 4.16.